The van der Waals surface area contributed by atoms with Gasteiger partial charge in [-0.25, -0.2) is 15.0 Å². The summed E-state index contributed by atoms with van der Waals surface area (Å²) in [6.07, 6.45) is 0. The standard InChI is InChI=1S/C53H30N6S/c54-31-33-22-25-39(38(28-33)32-55)36-23-26-46-43(29-36)41-16-7-9-19-45(41)59(46)47-27-24-37(40-18-11-21-49-50(40)42-17-8-10-20-48(42)60-49)30-44(47)53-57-51(34-12-3-1-4-13-34)56-52(58-53)35-14-5-2-6-15-35/h1-30H. The molecule has 0 aliphatic heterocycles. The molecular formula is C53H30N6S. The molecule has 0 fully saturated rings. The minimum absolute atomic E-state index is 0.455. The first-order valence-corrected chi connectivity index (χ1v) is 20.4. The van der Waals surface area contributed by atoms with E-state index in [0.29, 0.717) is 28.6 Å². The number of fused-ring (bicyclic) bond motifs is 6. The molecule has 11 aromatic rings. The molecule has 0 aliphatic carbocycles. The summed E-state index contributed by atoms with van der Waals surface area (Å²) in [5.74, 6) is 1.73. The van der Waals surface area contributed by atoms with Crippen molar-refractivity contribution in [2.24, 2.45) is 0 Å². The van der Waals surface area contributed by atoms with Crippen LogP contribution < -0.4 is 0 Å². The zero-order chi connectivity index (χ0) is 40.2. The molecule has 8 aromatic carbocycles. The Balaban J connectivity index is 1.21. The number of hydrogen-bond donors (Lipinski definition) is 0. The van der Waals surface area contributed by atoms with Gasteiger partial charge in [0.05, 0.1) is 40.0 Å². The van der Waals surface area contributed by atoms with Crippen molar-refractivity contribution in [3.8, 4) is 74.2 Å². The third-order valence-corrected chi connectivity index (χ3v) is 12.3. The smallest absolute Gasteiger partial charge is 0.166 e. The number of thiophene rings is 1. The lowest BCUT2D eigenvalue weighted by Crippen LogP contribution is -2.04. The lowest BCUT2D eigenvalue weighted by molar-refractivity contribution is 1.06. The van der Waals surface area contributed by atoms with Gasteiger partial charge in [0.1, 0.15) is 0 Å². The second-order valence-corrected chi connectivity index (χ2v) is 15.7. The van der Waals surface area contributed by atoms with Crippen LogP contribution in [0.15, 0.2) is 182 Å². The van der Waals surface area contributed by atoms with E-state index in [9.17, 15) is 10.5 Å². The van der Waals surface area contributed by atoms with E-state index in [1.807, 2.05) is 78.1 Å². The maximum atomic E-state index is 10.1. The first-order valence-electron chi connectivity index (χ1n) is 19.6. The van der Waals surface area contributed by atoms with Gasteiger partial charge in [-0.2, -0.15) is 10.5 Å². The number of hydrogen-bond acceptors (Lipinski definition) is 6. The van der Waals surface area contributed by atoms with Gasteiger partial charge >= 0.3 is 0 Å². The minimum Gasteiger partial charge on any atom is -0.309 e. The fourth-order valence-corrected chi connectivity index (χ4v) is 9.51. The fourth-order valence-electron chi connectivity index (χ4n) is 8.38. The first kappa shape index (κ1) is 35.0. The Morgan fingerprint density at radius 1 is 0.417 bits per heavy atom. The van der Waals surface area contributed by atoms with E-state index in [1.54, 1.807) is 12.1 Å². The number of nitrogens with zero attached hydrogens (tertiary/aromatic N) is 6. The average molecular weight is 783 g/mol. The SMILES string of the molecule is N#Cc1ccc(-c2ccc3c(c2)c2ccccc2n3-c2ccc(-c3cccc4sc5ccccc5c34)cc2-c2nc(-c3ccccc3)nc(-c3ccccc3)n2)c(C#N)c1. The number of aromatic nitrogens is 4. The third kappa shape index (κ3) is 5.81. The second-order valence-electron chi connectivity index (χ2n) is 14.6. The molecule has 3 heterocycles. The Kier molecular flexibility index (Phi) is 8.34. The van der Waals surface area contributed by atoms with Crippen LogP contribution in [0, 0.1) is 22.7 Å². The van der Waals surface area contributed by atoms with Gasteiger partial charge in [-0.1, -0.05) is 127 Å². The van der Waals surface area contributed by atoms with Crippen molar-refractivity contribution in [2.45, 2.75) is 0 Å². The third-order valence-electron chi connectivity index (χ3n) is 11.1. The van der Waals surface area contributed by atoms with Gasteiger partial charge in [0.15, 0.2) is 17.5 Å². The molecule has 3 aromatic heterocycles. The van der Waals surface area contributed by atoms with Crippen LogP contribution >= 0.6 is 11.3 Å². The molecule has 0 radical (unpaired) electrons. The van der Waals surface area contributed by atoms with E-state index < -0.39 is 0 Å². The van der Waals surface area contributed by atoms with Crippen molar-refractivity contribution in [3.05, 3.63) is 193 Å². The average Bonchev–Trinajstić information content (AvgIpc) is 3.87. The van der Waals surface area contributed by atoms with Crippen LogP contribution in [0.2, 0.25) is 0 Å². The Morgan fingerprint density at radius 2 is 1.05 bits per heavy atom. The molecule has 60 heavy (non-hydrogen) atoms. The Labute approximate surface area is 349 Å². The van der Waals surface area contributed by atoms with Crippen molar-refractivity contribution < 1.29 is 0 Å². The van der Waals surface area contributed by atoms with Crippen LogP contribution in [0.5, 0.6) is 0 Å². The number of nitriles is 2. The van der Waals surface area contributed by atoms with Crippen LogP contribution in [-0.4, -0.2) is 19.5 Å². The molecule has 0 unspecified atom stereocenters. The monoisotopic (exact) mass is 782 g/mol. The lowest BCUT2D eigenvalue weighted by Gasteiger charge is -2.17. The van der Waals surface area contributed by atoms with E-state index in [1.165, 1.54) is 20.2 Å². The van der Waals surface area contributed by atoms with Crippen molar-refractivity contribution in [3.63, 3.8) is 0 Å². The summed E-state index contributed by atoms with van der Waals surface area (Å²) in [7, 11) is 0. The quantitative estimate of drug-likeness (QED) is 0.167. The number of rotatable bonds is 6. The highest BCUT2D eigenvalue weighted by molar-refractivity contribution is 7.25. The van der Waals surface area contributed by atoms with Crippen LogP contribution in [0.4, 0.5) is 0 Å². The summed E-state index contributed by atoms with van der Waals surface area (Å²) in [6, 6.07) is 66.4. The molecule has 0 atom stereocenters. The van der Waals surface area contributed by atoms with Crippen LogP contribution in [0.1, 0.15) is 11.1 Å². The van der Waals surface area contributed by atoms with E-state index in [4.69, 9.17) is 15.0 Å². The Morgan fingerprint density at radius 3 is 1.80 bits per heavy atom. The molecule has 0 spiro atoms. The maximum Gasteiger partial charge on any atom is 0.166 e. The Hall–Kier alpha value is -8.23. The maximum absolute atomic E-state index is 10.1. The zero-order valence-electron chi connectivity index (χ0n) is 31.9. The summed E-state index contributed by atoms with van der Waals surface area (Å²) < 4.78 is 4.78. The summed E-state index contributed by atoms with van der Waals surface area (Å²) in [6.45, 7) is 0. The van der Waals surface area contributed by atoms with Gasteiger partial charge in [-0.05, 0) is 76.9 Å². The van der Waals surface area contributed by atoms with E-state index in [-0.39, 0.29) is 0 Å². The van der Waals surface area contributed by atoms with Gasteiger partial charge < -0.3 is 4.57 Å². The minimum atomic E-state index is 0.455. The van der Waals surface area contributed by atoms with Crippen molar-refractivity contribution >= 4 is 53.3 Å². The molecular weight excluding hydrogens is 753 g/mol. The molecule has 6 nitrogen and oxygen atoms in total. The summed E-state index contributed by atoms with van der Waals surface area (Å²) in [5.41, 5.74) is 10.4. The largest absolute Gasteiger partial charge is 0.309 e. The number of para-hydroxylation sites is 1. The molecule has 278 valence electrons. The van der Waals surface area contributed by atoms with Gasteiger partial charge in [-0.15, -0.1) is 11.3 Å². The number of benzene rings is 8. The summed E-state index contributed by atoms with van der Waals surface area (Å²) >= 11 is 1.81. The predicted molar refractivity (Wildman–Crippen MR) is 244 cm³/mol. The van der Waals surface area contributed by atoms with Gasteiger partial charge in [0, 0.05) is 47.6 Å². The van der Waals surface area contributed by atoms with Gasteiger partial charge in [-0.3, -0.25) is 0 Å². The van der Waals surface area contributed by atoms with Crippen LogP contribution in [0.25, 0.3) is 104 Å². The van der Waals surface area contributed by atoms with Gasteiger partial charge in [0.2, 0.25) is 0 Å². The van der Waals surface area contributed by atoms with Crippen molar-refractivity contribution in [2.75, 3.05) is 0 Å². The summed E-state index contributed by atoms with van der Waals surface area (Å²) in [5, 5.41) is 24.2. The zero-order valence-corrected chi connectivity index (χ0v) is 32.7. The van der Waals surface area contributed by atoms with Crippen LogP contribution in [-0.2, 0) is 0 Å². The van der Waals surface area contributed by atoms with E-state index >= 15 is 0 Å². The molecule has 0 saturated heterocycles. The molecule has 7 heteroatoms. The highest BCUT2D eigenvalue weighted by Crippen LogP contribution is 2.43. The van der Waals surface area contributed by atoms with Crippen LogP contribution in [0.3, 0.4) is 0 Å². The lowest BCUT2D eigenvalue weighted by atomic mass is 9.96. The van der Waals surface area contributed by atoms with E-state index in [2.05, 4.69) is 120 Å². The second kappa shape index (κ2) is 14.3. The molecule has 0 aliphatic rings. The summed E-state index contributed by atoms with van der Waals surface area (Å²) in [4.78, 5) is 15.6. The molecule has 0 N–H and O–H groups in total. The normalized spacial score (nSPS) is 11.3. The highest BCUT2D eigenvalue weighted by Gasteiger charge is 2.22. The topological polar surface area (TPSA) is 91.2 Å². The predicted octanol–water partition coefficient (Wildman–Crippen LogP) is 13.4. The molecule has 11 rings (SSSR count). The van der Waals surface area contributed by atoms with Crippen molar-refractivity contribution in [1.82, 2.24) is 19.5 Å². The highest BCUT2D eigenvalue weighted by atomic mass is 32.1. The molecule has 0 bridgehead atoms. The Bertz CT molecular complexity index is 3520. The van der Waals surface area contributed by atoms with Gasteiger partial charge in [0.25, 0.3) is 0 Å². The fraction of sp³-hybridized carbons (Fsp3) is 0. The molecule has 0 saturated carbocycles. The first-order chi connectivity index (χ1) is 29.6. The van der Waals surface area contributed by atoms with E-state index in [0.717, 1.165) is 66.4 Å². The molecule has 0 amide bonds. The van der Waals surface area contributed by atoms with Crippen molar-refractivity contribution in [1.29, 1.82) is 10.5 Å².